The molecule has 8 heteroatoms. The summed E-state index contributed by atoms with van der Waals surface area (Å²) in [5.41, 5.74) is 2.21. The number of allylic oxidation sites excluding steroid dienone is 1. The number of carbonyl (C=O) groups is 3. The zero-order valence-electron chi connectivity index (χ0n) is 17.4. The lowest BCUT2D eigenvalue weighted by Crippen LogP contribution is -2.48. The van der Waals surface area contributed by atoms with Crippen molar-refractivity contribution in [3.8, 4) is 0 Å². The standard InChI is InChI=1S/C21H29N3O5/c1-5-10-24-14(3)18(20(26)29-12-11-28-4)19(23-21(24)27)15-8-7-9-16(13-15)22-17(25)6-2/h7-9,13,19H,5-6,10-12H2,1-4H3,(H,22,25)(H,23,27). The van der Waals surface area contributed by atoms with E-state index in [-0.39, 0.29) is 25.2 Å². The maximum atomic E-state index is 12.8. The van der Waals surface area contributed by atoms with Crippen LogP contribution in [0, 0.1) is 0 Å². The minimum absolute atomic E-state index is 0.116. The summed E-state index contributed by atoms with van der Waals surface area (Å²) in [6.07, 6.45) is 1.10. The van der Waals surface area contributed by atoms with Crippen molar-refractivity contribution >= 4 is 23.6 Å². The number of anilines is 1. The van der Waals surface area contributed by atoms with Gasteiger partial charge in [-0.15, -0.1) is 0 Å². The molecule has 1 heterocycles. The van der Waals surface area contributed by atoms with Crippen LogP contribution in [0.25, 0.3) is 0 Å². The molecule has 1 atom stereocenters. The quantitative estimate of drug-likeness (QED) is 0.488. The van der Waals surface area contributed by atoms with Crippen LogP contribution < -0.4 is 10.6 Å². The lowest BCUT2D eigenvalue weighted by Gasteiger charge is -2.35. The summed E-state index contributed by atoms with van der Waals surface area (Å²) in [6.45, 7) is 6.37. The molecule has 2 rings (SSSR count). The molecule has 0 fully saturated rings. The normalized spacial score (nSPS) is 16.5. The first-order chi connectivity index (χ1) is 13.9. The van der Waals surface area contributed by atoms with Crippen molar-refractivity contribution in [2.75, 3.05) is 32.2 Å². The summed E-state index contributed by atoms with van der Waals surface area (Å²) in [6, 6.07) is 6.14. The van der Waals surface area contributed by atoms with Gasteiger partial charge in [0, 0.05) is 31.5 Å². The number of esters is 1. The second-order valence-electron chi connectivity index (χ2n) is 6.69. The van der Waals surface area contributed by atoms with E-state index in [4.69, 9.17) is 9.47 Å². The lowest BCUT2D eigenvalue weighted by molar-refractivity contribution is -0.141. The molecule has 0 bridgehead atoms. The molecule has 0 spiro atoms. The number of methoxy groups -OCH3 is 1. The van der Waals surface area contributed by atoms with Crippen LogP contribution in [0.3, 0.4) is 0 Å². The summed E-state index contributed by atoms with van der Waals surface area (Å²) < 4.78 is 10.3. The van der Waals surface area contributed by atoms with Crippen LogP contribution in [0.5, 0.6) is 0 Å². The molecule has 3 amide bonds. The van der Waals surface area contributed by atoms with Gasteiger partial charge in [0.05, 0.1) is 18.2 Å². The van der Waals surface area contributed by atoms with Gasteiger partial charge < -0.3 is 20.1 Å². The van der Waals surface area contributed by atoms with Crippen LogP contribution in [0.1, 0.15) is 45.2 Å². The number of amides is 3. The van der Waals surface area contributed by atoms with Gasteiger partial charge >= 0.3 is 12.0 Å². The van der Waals surface area contributed by atoms with Crippen LogP contribution in [-0.2, 0) is 19.1 Å². The third-order valence-electron chi connectivity index (χ3n) is 4.61. The highest BCUT2D eigenvalue weighted by Gasteiger charge is 2.36. The Labute approximate surface area is 171 Å². The smallest absolute Gasteiger partial charge is 0.338 e. The summed E-state index contributed by atoms with van der Waals surface area (Å²) >= 11 is 0. The molecule has 0 saturated heterocycles. The van der Waals surface area contributed by atoms with E-state index in [1.54, 1.807) is 43.0 Å². The number of nitrogens with one attached hydrogen (secondary N) is 2. The summed E-state index contributed by atoms with van der Waals surface area (Å²) in [4.78, 5) is 38.8. The Hall–Kier alpha value is -2.87. The first kappa shape index (κ1) is 22.4. The van der Waals surface area contributed by atoms with Gasteiger partial charge in [-0.1, -0.05) is 26.0 Å². The van der Waals surface area contributed by atoms with Crippen LogP contribution in [0.4, 0.5) is 10.5 Å². The van der Waals surface area contributed by atoms with Crippen molar-refractivity contribution in [3.63, 3.8) is 0 Å². The first-order valence-corrected chi connectivity index (χ1v) is 9.77. The van der Waals surface area contributed by atoms with E-state index in [1.165, 1.54) is 7.11 Å². The van der Waals surface area contributed by atoms with Crippen molar-refractivity contribution in [1.82, 2.24) is 10.2 Å². The number of hydrogen-bond acceptors (Lipinski definition) is 5. The second kappa shape index (κ2) is 10.6. The zero-order chi connectivity index (χ0) is 21.4. The van der Waals surface area contributed by atoms with E-state index in [2.05, 4.69) is 10.6 Å². The van der Waals surface area contributed by atoms with Crippen molar-refractivity contribution < 1.29 is 23.9 Å². The van der Waals surface area contributed by atoms with E-state index in [0.29, 0.717) is 35.5 Å². The Bertz CT molecular complexity index is 790. The van der Waals surface area contributed by atoms with Crippen LogP contribution in [0.2, 0.25) is 0 Å². The van der Waals surface area contributed by atoms with E-state index in [0.717, 1.165) is 6.42 Å². The minimum atomic E-state index is -0.677. The van der Waals surface area contributed by atoms with Gasteiger partial charge in [0.15, 0.2) is 0 Å². The molecule has 0 saturated carbocycles. The van der Waals surface area contributed by atoms with Gasteiger partial charge in [0.1, 0.15) is 6.61 Å². The third-order valence-corrected chi connectivity index (χ3v) is 4.61. The molecule has 8 nitrogen and oxygen atoms in total. The SMILES string of the molecule is CCCN1C(=O)NC(c2cccc(NC(=O)CC)c2)C(C(=O)OCCOC)=C1C. The predicted molar refractivity (Wildman–Crippen MR) is 109 cm³/mol. The fourth-order valence-electron chi connectivity index (χ4n) is 3.13. The van der Waals surface area contributed by atoms with Gasteiger partial charge in [-0.25, -0.2) is 9.59 Å². The molecule has 1 aliphatic heterocycles. The number of urea groups is 1. The Morgan fingerprint density at radius 1 is 1.24 bits per heavy atom. The van der Waals surface area contributed by atoms with Gasteiger partial charge in [0.2, 0.25) is 5.91 Å². The van der Waals surface area contributed by atoms with E-state index >= 15 is 0 Å². The van der Waals surface area contributed by atoms with Crippen molar-refractivity contribution in [1.29, 1.82) is 0 Å². The number of benzene rings is 1. The lowest BCUT2D eigenvalue weighted by atomic mass is 9.94. The molecular formula is C21H29N3O5. The third kappa shape index (κ3) is 5.57. The molecule has 1 aromatic rings. The molecule has 0 aliphatic carbocycles. The number of carbonyl (C=O) groups excluding carboxylic acids is 3. The Morgan fingerprint density at radius 3 is 2.66 bits per heavy atom. The number of rotatable bonds is 9. The molecule has 2 N–H and O–H groups in total. The molecule has 1 aliphatic rings. The molecule has 158 valence electrons. The van der Waals surface area contributed by atoms with Crippen molar-refractivity contribution in [2.45, 2.75) is 39.7 Å². The minimum Gasteiger partial charge on any atom is -0.460 e. The topological polar surface area (TPSA) is 97.0 Å². The van der Waals surface area contributed by atoms with Gasteiger partial charge in [0.25, 0.3) is 0 Å². The molecule has 29 heavy (non-hydrogen) atoms. The second-order valence-corrected chi connectivity index (χ2v) is 6.69. The fraction of sp³-hybridized carbons (Fsp3) is 0.476. The van der Waals surface area contributed by atoms with E-state index in [1.807, 2.05) is 6.92 Å². The molecular weight excluding hydrogens is 374 g/mol. The highest BCUT2D eigenvalue weighted by molar-refractivity contribution is 5.95. The Kier molecular flexibility index (Phi) is 8.21. The summed E-state index contributed by atoms with van der Waals surface area (Å²) in [7, 11) is 1.53. The van der Waals surface area contributed by atoms with Gasteiger partial charge in [-0.05, 0) is 31.0 Å². The van der Waals surface area contributed by atoms with E-state index in [9.17, 15) is 14.4 Å². The Balaban J connectivity index is 2.42. The highest BCUT2D eigenvalue weighted by atomic mass is 16.6. The number of hydrogen-bond donors (Lipinski definition) is 2. The van der Waals surface area contributed by atoms with Crippen molar-refractivity contribution in [3.05, 3.63) is 41.1 Å². The summed E-state index contributed by atoms with van der Waals surface area (Å²) in [5.74, 6) is -0.622. The number of nitrogens with zero attached hydrogens (tertiary/aromatic N) is 1. The first-order valence-electron chi connectivity index (χ1n) is 9.77. The van der Waals surface area contributed by atoms with Gasteiger partial charge in [-0.2, -0.15) is 0 Å². The Morgan fingerprint density at radius 2 is 2.00 bits per heavy atom. The van der Waals surface area contributed by atoms with Crippen LogP contribution in [-0.4, -0.2) is 49.7 Å². The number of ether oxygens (including phenoxy) is 2. The van der Waals surface area contributed by atoms with E-state index < -0.39 is 12.0 Å². The molecule has 1 unspecified atom stereocenters. The largest absolute Gasteiger partial charge is 0.460 e. The van der Waals surface area contributed by atoms with Crippen molar-refractivity contribution in [2.24, 2.45) is 0 Å². The highest BCUT2D eigenvalue weighted by Crippen LogP contribution is 2.32. The zero-order valence-corrected chi connectivity index (χ0v) is 17.4. The summed E-state index contributed by atoms with van der Waals surface area (Å²) in [5, 5.41) is 5.70. The van der Waals surface area contributed by atoms with Crippen LogP contribution in [0.15, 0.2) is 35.5 Å². The molecule has 1 aromatic carbocycles. The monoisotopic (exact) mass is 403 g/mol. The molecule has 0 aromatic heterocycles. The average molecular weight is 403 g/mol. The molecule has 0 radical (unpaired) electrons. The maximum absolute atomic E-state index is 12.8. The van der Waals surface area contributed by atoms with Gasteiger partial charge in [-0.3, -0.25) is 9.69 Å². The van der Waals surface area contributed by atoms with Crippen LogP contribution >= 0.6 is 0 Å². The average Bonchev–Trinajstić information content (AvgIpc) is 2.70. The maximum Gasteiger partial charge on any atom is 0.338 e. The predicted octanol–water partition coefficient (Wildman–Crippen LogP) is 2.98. The fourth-order valence-corrected chi connectivity index (χ4v) is 3.13.